The maximum atomic E-state index is 10.3. The molecule has 0 aromatic rings. The summed E-state index contributed by atoms with van der Waals surface area (Å²) in [6, 6.07) is -1.15. The van der Waals surface area contributed by atoms with Gasteiger partial charge in [0, 0.05) is 0 Å². The second-order valence-corrected chi connectivity index (χ2v) is 5.19. The van der Waals surface area contributed by atoms with Crippen LogP contribution in [-0.4, -0.2) is 71.5 Å². The summed E-state index contributed by atoms with van der Waals surface area (Å²) in [5.74, 6) is -0.689. The van der Waals surface area contributed by atoms with Gasteiger partial charge in [0.1, 0.15) is 0 Å². The van der Waals surface area contributed by atoms with Gasteiger partial charge in [0.15, 0.2) is 0 Å². The molecule has 0 aromatic carbocycles. The second kappa shape index (κ2) is 12.0. The zero-order chi connectivity index (χ0) is 14.7. The second-order valence-electron chi connectivity index (χ2n) is 3.20. The van der Waals surface area contributed by atoms with Gasteiger partial charge in [-0.25, -0.2) is 0 Å². The predicted molar refractivity (Wildman–Crippen MR) is 73.0 cm³/mol. The molecule has 0 fully saturated rings. The summed E-state index contributed by atoms with van der Waals surface area (Å²) in [7, 11) is 0. The van der Waals surface area contributed by atoms with Crippen LogP contribution < -0.4 is 11.1 Å². The van der Waals surface area contributed by atoms with E-state index in [9.17, 15) is 14.4 Å². The molecule has 6 nitrogen and oxygen atoms in total. The van der Waals surface area contributed by atoms with Crippen molar-refractivity contribution in [3.63, 3.8) is 0 Å². The summed E-state index contributed by atoms with van der Waals surface area (Å²) in [5.41, 5.74) is 5.30. The quantitative estimate of drug-likeness (QED) is 0.317. The molecule has 9 heteroatoms. The number of rotatable bonds is 6. The van der Waals surface area contributed by atoms with E-state index in [0.29, 0.717) is 12.2 Å². The van der Waals surface area contributed by atoms with E-state index in [1.165, 1.54) is 6.92 Å². The van der Waals surface area contributed by atoms with E-state index < -0.39 is 12.0 Å². The van der Waals surface area contributed by atoms with E-state index >= 15 is 0 Å². The van der Waals surface area contributed by atoms with Crippen LogP contribution in [0.1, 0.15) is 13.3 Å². The van der Waals surface area contributed by atoms with E-state index in [1.807, 2.05) is 0 Å². The first kappa shape index (κ1) is 20.3. The molecule has 0 saturated carbocycles. The van der Waals surface area contributed by atoms with Crippen LogP contribution in [-0.2, 0) is 14.4 Å². The Hall–Kier alpha value is -0.0410. The first-order valence-corrected chi connectivity index (χ1v) is 7.61. The third-order valence-corrected chi connectivity index (χ3v) is 3.18. The summed E-state index contributed by atoms with van der Waals surface area (Å²) in [5, 5.41) is 10.9. The molecule has 0 rings (SSSR count). The Morgan fingerprint density at radius 3 is 2.06 bits per heavy atom. The van der Waals surface area contributed by atoms with Crippen molar-refractivity contribution in [2.24, 2.45) is 5.73 Å². The van der Waals surface area contributed by atoms with Gasteiger partial charge in [-0.1, -0.05) is 0 Å². The minimum atomic E-state index is -1.02. The number of nitrogens with two attached hydrogens (primary N) is 1. The number of nitrogens with one attached hydrogen (secondary N) is 1. The maximum absolute atomic E-state index is 10.3. The van der Waals surface area contributed by atoms with Crippen LogP contribution in [0.4, 0.5) is 0 Å². The van der Waals surface area contributed by atoms with Crippen LogP contribution in [0.15, 0.2) is 0 Å². The molecule has 104 valence electrons. The Morgan fingerprint density at radius 2 is 1.94 bits per heavy atom. The molecule has 0 spiro atoms. The van der Waals surface area contributed by atoms with E-state index in [4.69, 9.17) is 10.8 Å². The summed E-state index contributed by atoms with van der Waals surface area (Å²) in [6.45, 7) is 1.28. The molecule has 2 radical (unpaired) electrons. The zero-order valence-corrected chi connectivity index (χ0v) is 14.1. The molecule has 18 heavy (non-hydrogen) atoms. The van der Waals surface area contributed by atoms with Crippen molar-refractivity contribution in [1.29, 1.82) is 0 Å². The van der Waals surface area contributed by atoms with Gasteiger partial charge in [-0.05, 0) is 0 Å². The third kappa shape index (κ3) is 12.4. The number of hydrogen-bond donors (Lipinski definition) is 4. The molecule has 2 unspecified atom stereocenters. The monoisotopic (exact) mass is 408 g/mol. The molecule has 4 N–H and O–H groups in total. The van der Waals surface area contributed by atoms with Crippen molar-refractivity contribution in [2.45, 2.75) is 30.7 Å². The SMILES string of the molecule is CC(=O)NC(C[Se])C(=O)O.NC(CCS)C(=O)[Se]. The fourth-order valence-corrected chi connectivity index (χ4v) is 1.68. The third-order valence-electron chi connectivity index (χ3n) is 1.59. The molecule has 0 aliphatic carbocycles. The van der Waals surface area contributed by atoms with Crippen LogP contribution in [0.2, 0.25) is 5.32 Å². The van der Waals surface area contributed by atoms with Gasteiger partial charge in [0.2, 0.25) is 0 Å². The fraction of sp³-hybridized carbons (Fsp3) is 0.667. The number of carboxylic acids is 1. The summed E-state index contributed by atoms with van der Waals surface area (Å²) in [4.78, 5) is 30.9. The number of hydrogen-bond acceptors (Lipinski definition) is 5. The molecule has 1 amide bonds. The molecule has 2 atom stereocenters. The number of amides is 1. The van der Waals surface area contributed by atoms with Crippen molar-refractivity contribution < 1.29 is 19.5 Å². The number of thiol groups is 1. The molecular weight excluding hydrogens is 390 g/mol. The summed E-state index contributed by atoms with van der Waals surface area (Å²) in [6.07, 6.45) is 0.648. The van der Waals surface area contributed by atoms with Crippen LogP contribution in [0.25, 0.3) is 0 Å². The van der Waals surface area contributed by atoms with Gasteiger partial charge < -0.3 is 0 Å². The Morgan fingerprint density at radius 1 is 1.44 bits per heavy atom. The zero-order valence-electron chi connectivity index (χ0n) is 9.79. The Labute approximate surface area is 128 Å². The Kier molecular flexibility index (Phi) is 13.5. The van der Waals surface area contributed by atoms with E-state index in [1.54, 1.807) is 0 Å². The minimum absolute atomic E-state index is 0.0842. The summed E-state index contributed by atoms with van der Waals surface area (Å²) < 4.78 is -0.0842. The molecular formula is C9H16N2O4SSe2. The van der Waals surface area contributed by atoms with E-state index in [2.05, 4.69) is 50.0 Å². The number of aliphatic carboxylic acids is 1. The van der Waals surface area contributed by atoms with Crippen molar-refractivity contribution >= 4 is 61.2 Å². The van der Waals surface area contributed by atoms with Gasteiger partial charge in [0.25, 0.3) is 0 Å². The summed E-state index contributed by atoms with van der Waals surface area (Å²) >= 11 is 8.77. The normalized spacial score (nSPS) is 12.7. The molecule has 0 saturated heterocycles. The number of carboxylic acid groups (broad SMARTS) is 1. The van der Waals surface area contributed by atoms with Gasteiger partial charge in [-0.15, -0.1) is 0 Å². The first-order valence-electron chi connectivity index (χ1n) is 4.91. The standard InChI is InChI=1S/C5H8NO3Se.C4H8NOSSe/c1-3(7)6-4(2-10)5(8)9;5-3(1-2-7)4(6)8/h4H,2H2,1H3,(H,6,7)(H,8,9);3,7H,1-2,5H2. The molecule has 0 aromatic heterocycles. The van der Waals surface area contributed by atoms with E-state index in [0.717, 1.165) is 0 Å². The molecule has 0 aliphatic rings. The van der Waals surface area contributed by atoms with Crippen molar-refractivity contribution in [3.8, 4) is 0 Å². The van der Waals surface area contributed by atoms with Crippen LogP contribution in [0.5, 0.6) is 0 Å². The number of carbonyl (C=O) groups excluding carboxylic acids is 2. The fourth-order valence-electron chi connectivity index (χ4n) is 0.677. The van der Waals surface area contributed by atoms with Gasteiger partial charge >= 0.3 is 128 Å². The van der Waals surface area contributed by atoms with Gasteiger partial charge in [-0.3, -0.25) is 0 Å². The van der Waals surface area contributed by atoms with E-state index in [-0.39, 0.29) is 21.9 Å². The molecule has 0 aliphatic heterocycles. The topological polar surface area (TPSA) is 109 Å². The number of carbonyl (C=O) groups is 3. The van der Waals surface area contributed by atoms with Gasteiger partial charge in [-0.2, -0.15) is 0 Å². The first-order chi connectivity index (χ1) is 8.26. The van der Waals surface area contributed by atoms with Gasteiger partial charge in [0.05, 0.1) is 0 Å². The van der Waals surface area contributed by atoms with Crippen LogP contribution in [0.3, 0.4) is 0 Å². The van der Waals surface area contributed by atoms with Crippen molar-refractivity contribution in [2.75, 3.05) is 5.75 Å². The molecule has 0 bridgehead atoms. The van der Waals surface area contributed by atoms with Crippen LogP contribution in [0, 0.1) is 0 Å². The van der Waals surface area contributed by atoms with Crippen LogP contribution >= 0.6 is 12.6 Å². The Bertz CT molecular complexity index is 292. The Balaban J connectivity index is 0. The van der Waals surface area contributed by atoms with Crippen molar-refractivity contribution in [3.05, 3.63) is 0 Å². The average Bonchev–Trinajstić information content (AvgIpc) is 2.26. The average molecular weight is 406 g/mol. The van der Waals surface area contributed by atoms with Crippen molar-refractivity contribution in [1.82, 2.24) is 5.32 Å². The molecule has 0 heterocycles. The predicted octanol–water partition coefficient (Wildman–Crippen LogP) is -1.51.